The molecule has 0 aliphatic rings. The highest BCUT2D eigenvalue weighted by molar-refractivity contribution is 7.09. The molecular weight excluding hydrogens is 278 g/mol. The average Bonchev–Trinajstić information content (AvgIpc) is 2.89. The molecular formula is C14H17NO4S. The fourth-order valence-electron chi connectivity index (χ4n) is 1.77. The normalized spacial score (nSPS) is 10.4. The number of aliphatic hydroxyl groups excluding tert-OH is 1. The Morgan fingerprint density at radius 1 is 1.20 bits per heavy atom. The number of aryl methyl sites for hydroxylation is 1. The first-order valence-electron chi connectivity index (χ1n) is 6.07. The van der Waals surface area contributed by atoms with Gasteiger partial charge in [-0.05, 0) is 24.6 Å². The van der Waals surface area contributed by atoms with Crippen LogP contribution in [0.1, 0.15) is 16.3 Å². The van der Waals surface area contributed by atoms with Gasteiger partial charge in [0.15, 0.2) is 11.5 Å². The summed E-state index contributed by atoms with van der Waals surface area (Å²) < 4.78 is 16.3. The molecule has 1 aromatic carbocycles. The van der Waals surface area contributed by atoms with Crippen LogP contribution in [0.15, 0.2) is 17.5 Å². The molecule has 5 nitrogen and oxygen atoms in total. The number of rotatable bonds is 6. The average molecular weight is 295 g/mol. The minimum absolute atomic E-state index is 0.0846. The molecule has 0 saturated heterocycles. The fraction of sp³-hybridized carbons (Fsp3) is 0.357. The quantitative estimate of drug-likeness (QED) is 0.887. The van der Waals surface area contributed by atoms with Crippen molar-refractivity contribution in [2.24, 2.45) is 0 Å². The van der Waals surface area contributed by atoms with E-state index in [4.69, 9.17) is 14.2 Å². The Morgan fingerprint density at radius 2 is 1.85 bits per heavy atom. The molecule has 0 saturated carbocycles. The van der Waals surface area contributed by atoms with Gasteiger partial charge in [-0.15, -0.1) is 11.3 Å². The standard InChI is InChI=1S/C14H17NO4S/c1-9-8-20-13(15-9)7-19-14-11(17-2)4-10(6-16)5-12(14)18-3/h4-5,8,16H,6-7H2,1-3H3. The molecule has 0 fully saturated rings. The van der Waals surface area contributed by atoms with E-state index in [-0.39, 0.29) is 6.61 Å². The summed E-state index contributed by atoms with van der Waals surface area (Å²) in [6.07, 6.45) is 0. The van der Waals surface area contributed by atoms with Gasteiger partial charge in [-0.25, -0.2) is 4.98 Å². The van der Waals surface area contributed by atoms with Gasteiger partial charge >= 0.3 is 0 Å². The van der Waals surface area contributed by atoms with E-state index in [0.29, 0.717) is 29.4 Å². The SMILES string of the molecule is COc1cc(CO)cc(OC)c1OCc1nc(C)cs1. The number of ether oxygens (including phenoxy) is 3. The van der Waals surface area contributed by atoms with Gasteiger partial charge in [0.25, 0.3) is 0 Å². The molecule has 0 radical (unpaired) electrons. The maximum atomic E-state index is 9.22. The molecule has 1 N–H and O–H groups in total. The molecule has 20 heavy (non-hydrogen) atoms. The molecule has 6 heteroatoms. The fourth-order valence-corrected chi connectivity index (χ4v) is 2.45. The monoisotopic (exact) mass is 295 g/mol. The lowest BCUT2D eigenvalue weighted by Crippen LogP contribution is -2.01. The van der Waals surface area contributed by atoms with Crippen molar-refractivity contribution in [3.63, 3.8) is 0 Å². The summed E-state index contributed by atoms with van der Waals surface area (Å²) in [7, 11) is 3.10. The third kappa shape index (κ3) is 3.20. The van der Waals surface area contributed by atoms with Crippen LogP contribution >= 0.6 is 11.3 Å². The van der Waals surface area contributed by atoms with E-state index in [2.05, 4.69) is 4.98 Å². The Bertz CT molecular complexity index is 557. The van der Waals surface area contributed by atoms with E-state index in [1.165, 1.54) is 0 Å². The van der Waals surface area contributed by atoms with Crippen LogP contribution in [-0.2, 0) is 13.2 Å². The zero-order valence-corrected chi connectivity index (χ0v) is 12.5. The van der Waals surface area contributed by atoms with Crippen molar-refractivity contribution < 1.29 is 19.3 Å². The lowest BCUT2D eigenvalue weighted by molar-refractivity contribution is 0.259. The van der Waals surface area contributed by atoms with Crippen LogP contribution in [0, 0.1) is 6.92 Å². The number of hydrogen-bond donors (Lipinski definition) is 1. The van der Waals surface area contributed by atoms with Gasteiger partial charge in [0.1, 0.15) is 11.6 Å². The van der Waals surface area contributed by atoms with Gasteiger partial charge < -0.3 is 19.3 Å². The molecule has 0 atom stereocenters. The lowest BCUT2D eigenvalue weighted by atomic mass is 10.2. The van der Waals surface area contributed by atoms with E-state index in [0.717, 1.165) is 10.7 Å². The number of methoxy groups -OCH3 is 2. The highest BCUT2D eigenvalue weighted by atomic mass is 32.1. The Kier molecular flexibility index (Phi) is 4.81. The number of aromatic nitrogens is 1. The van der Waals surface area contributed by atoms with E-state index in [1.54, 1.807) is 37.7 Å². The van der Waals surface area contributed by atoms with Gasteiger partial charge in [-0.2, -0.15) is 0 Å². The molecule has 0 spiro atoms. The van der Waals surface area contributed by atoms with E-state index < -0.39 is 0 Å². The predicted molar refractivity (Wildman–Crippen MR) is 76.7 cm³/mol. The highest BCUT2D eigenvalue weighted by Crippen LogP contribution is 2.39. The summed E-state index contributed by atoms with van der Waals surface area (Å²) in [6, 6.07) is 3.45. The number of hydrogen-bond acceptors (Lipinski definition) is 6. The largest absolute Gasteiger partial charge is 0.493 e. The van der Waals surface area contributed by atoms with Gasteiger partial charge in [0.2, 0.25) is 5.75 Å². The first-order valence-corrected chi connectivity index (χ1v) is 6.95. The molecule has 0 bridgehead atoms. The third-order valence-electron chi connectivity index (χ3n) is 2.71. The summed E-state index contributed by atoms with van der Waals surface area (Å²) in [5, 5.41) is 12.1. The first kappa shape index (κ1) is 14.6. The summed E-state index contributed by atoms with van der Waals surface area (Å²) in [6.45, 7) is 2.21. The van der Waals surface area contributed by atoms with Gasteiger partial charge in [-0.1, -0.05) is 0 Å². The first-order chi connectivity index (χ1) is 9.67. The second kappa shape index (κ2) is 6.58. The summed E-state index contributed by atoms with van der Waals surface area (Å²) in [5.74, 6) is 1.57. The van der Waals surface area contributed by atoms with Crippen molar-refractivity contribution in [2.45, 2.75) is 20.1 Å². The topological polar surface area (TPSA) is 60.8 Å². The molecule has 1 heterocycles. The van der Waals surface area contributed by atoms with E-state index in [1.807, 2.05) is 12.3 Å². The highest BCUT2D eigenvalue weighted by Gasteiger charge is 2.14. The van der Waals surface area contributed by atoms with E-state index >= 15 is 0 Å². The summed E-state index contributed by atoms with van der Waals surface area (Å²) in [5.41, 5.74) is 1.68. The van der Waals surface area contributed by atoms with Crippen molar-refractivity contribution in [2.75, 3.05) is 14.2 Å². The van der Waals surface area contributed by atoms with Crippen LogP contribution in [0.2, 0.25) is 0 Å². The number of aliphatic hydroxyl groups is 1. The van der Waals surface area contributed by atoms with Crippen LogP contribution in [0.5, 0.6) is 17.2 Å². The molecule has 2 rings (SSSR count). The maximum absolute atomic E-state index is 9.22. The van der Waals surface area contributed by atoms with Crippen LogP contribution in [0.4, 0.5) is 0 Å². The Balaban J connectivity index is 2.24. The zero-order valence-electron chi connectivity index (χ0n) is 11.7. The Labute approximate surface area is 121 Å². The maximum Gasteiger partial charge on any atom is 0.203 e. The second-order valence-electron chi connectivity index (χ2n) is 4.16. The van der Waals surface area contributed by atoms with Crippen molar-refractivity contribution in [3.8, 4) is 17.2 Å². The molecule has 2 aromatic rings. The predicted octanol–water partition coefficient (Wildman–Crippen LogP) is 2.54. The minimum Gasteiger partial charge on any atom is -0.493 e. The van der Waals surface area contributed by atoms with Crippen LogP contribution in [0.25, 0.3) is 0 Å². The lowest BCUT2D eigenvalue weighted by Gasteiger charge is -2.15. The van der Waals surface area contributed by atoms with Crippen LogP contribution in [0.3, 0.4) is 0 Å². The number of benzene rings is 1. The summed E-state index contributed by atoms with van der Waals surface area (Å²) >= 11 is 1.55. The van der Waals surface area contributed by atoms with Gasteiger partial charge in [-0.3, -0.25) is 0 Å². The smallest absolute Gasteiger partial charge is 0.203 e. The van der Waals surface area contributed by atoms with Crippen molar-refractivity contribution in [3.05, 3.63) is 33.8 Å². The Morgan fingerprint density at radius 3 is 2.30 bits per heavy atom. The summed E-state index contributed by atoms with van der Waals surface area (Å²) in [4.78, 5) is 4.34. The molecule has 0 amide bonds. The van der Waals surface area contributed by atoms with Crippen molar-refractivity contribution >= 4 is 11.3 Å². The van der Waals surface area contributed by atoms with Crippen molar-refractivity contribution in [1.29, 1.82) is 0 Å². The van der Waals surface area contributed by atoms with Gasteiger partial charge in [0, 0.05) is 11.1 Å². The number of nitrogens with zero attached hydrogens (tertiary/aromatic N) is 1. The minimum atomic E-state index is -0.0846. The molecule has 108 valence electrons. The molecule has 0 unspecified atom stereocenters. The number of thiazole rings is 1. The Hall–Kier alpha value is -1.79. The van der Waals surface area contributed by atoms with Crippen LogP contribution in [-0.4, -0.2) is 24.3 Å². The van der Waals surface area contributed by atoms with Gasteiger partial charge in [0.05, 0.1) is 20.8 Å². The molecule has 0 aliphatic heterocycles. The van der Waals surface area contributed by atoms with E-state index in [9.17, 15) is 5.11 Å². The zero-order chi connectivity index (χ0) is 14.5. The second-order valence-corrected chi connectivity index (χ2v) is 5.10. The molecule has 1 aromatic heterocycles. The third-order valence-corrected chi connectivity index (χ3v) is 3.65. The molecule has 0 aliphatic carbocycles. The van der Waals surface area contributed by atoms with Crippen molar-refractivity contribution in [1.82, 2.24) is 4.98 Å². The van der Waals surface area contributed by atoms with Crippen LogP contribution < -0.4 is 14.2 Å².